The summed E-state index contributed by atoms with van der Waals surface area (Å²) in [6, 6.07) is 2.69. The highest BCUT2D eigenvalue weighted by atomic mass is 19.1. The quantitative estimate of drug-likeness (QED) is 0.561. The van der Waals surface area contributed by atoms with Crippen molar-refractivity contribution in [1.29, 1.82) is 0 Å². The van der Waals surface area contributed by atoms with E-state index in [1.807, 2.05) is 0 Å². The predicted octanol–water partition coefficient (Wildman–Crippen LogP) is 0.161. The molecule has 0 unspecified atom stereocenters. The Kier molecular flexibility index (Phi) is 2.60. The summed E-state index contributed by atoms with van der Waals surface area (Å²) in [4.78, 5) is 3.74. The maximum atomic E-state index is 12.8. The first-order valence-electron chi connectivity index (χ1n) is 3.14. The summed E-state index contributed by atoms with van der Waals surface area (Å²) in [7, 11) is 6.80. The Bertz CT molecular complexity index is 254. The molecule has 2 radical (unpaired) electrons. The minimum absolute atomic E-state index is 0.150. The van der Waals surface area contributed by atoms with Crippen LogP contribution < -0.4 is 5.59 Å². The molecule has 1 heterocycles. The van der Waals surface area contributed by atoms with E-state index in [1.165, 1.54) is 19.2 Å². The van der Waals surface area contributed by atoms with Crippen LogP contribution in [-0.4, -0.2) is 19.9 Å². The third-order valence-corrected chi connectivity index (χ3v) is 1.22. The first-order valence-corrected chi connectivity index (χ1v) is 3.14. The lowest BCUT2D eigenvalue weighted by atomic mass is 10.0. The number of ether oxygens (including phenoxy) is 1. The number of halogens is 1. The van der Waals surface area contributed by atoms with Crippen molar-refractivity contribution < 1.29 is 9.13 Å². The van der Waals surface area contributed by atoms with Gasteiger partial charge >= 0.3 is 0 Å². The number of rotatable bonds is 2. The first-order chi connectivity index (χ1) is 5.24. The molecular weight excluding hydrogens is 144 g/mol. The largest absolute Gasteiger partial charge is 0.378 e. The van der Waals surface area contributed by atoms with E-state index >= 15 is 0 Å². The van der Waals surface area contributed by atoms with Gasteiger partial charge in [-0.3, -0.25) is 4.98 Å². The fourth-order valence-electron chi connectivity index (χ4n) is 0.739. The van der Waals surface area contributed by atoms with Gasteiger partial charge < -0.3 is 4.74 Å². The van der Waals surface area contributed by atoms with E-state index in [2.05, 4.69) is 4.98 Å². The van der Waals surface area contributed by atoms with Crippen molar-refractivity contribution in [2.45, 2.75) is 6.61 Å². The van der Waals surface area contributed by atoms with E-state index in [0.717, 1.165) is 0 Å². The van der Waals surface area contributed by atoms with Crippen molar-refractivity contribution in [2.24, 2.45) is 0 Å². The Balaban J connectivity index is 2.93. The molecule has 0 bridgehead atoms. The summed E-state index contributed by atoms with van der Waals surface area (Å²) >= 11 is 0. The molecule has 0 aliphatic rings. The molecule has 0 fully saturated rings. The van der Waals surface area contributed by atoms with Gasteiger partial charge in [0.05, 0.1) is 6.61 Å². The Morgan fingerprint density at radius 1 is 1.64 bits per heavy atom. The molecule has 4 heteroatoms. The summed E-state index contributed by atoms with van der Waals surface area (Å²) in [5.41, 5.74) is 0.547. The zero-order chi connectivity index (χ0) is 8.27. The van der Waals surface area contributed by atoms with Crippen molar-refractivity contribution in [3.05, 3.63) is 23.6 Å². The van der Waals surface area contributed by atoms with E-state index < -0.39 is 0 Å². The van der Waals surface area contributed by atoms with E-state index in [1.54, 1.807) is 0 Å². The summed E-state index contributed by atoms with van der Waals surface area (Å²) in [6.45, 7) is 0.150. The molecule has 1 rings (SSSR count). The van der Waals surface area contributed by atoms with E-state index in [0.29, 0.717) is 5.59 Å². The Labute approximate surface area is 65.8 Å². The molecule has 0 saturated heterocycles. The third-order valence-electron chi connectivity index (χ3n) is 1.22. The molecule has 0 aliphatic heterocycles. The number of aromatic nitrogens is 1. The van der Waals surface area contributed by atoms with Crippen LogP contribution in [0.3, 0.4) is 0 Å². The molecule has 1 aromatic heterocycles. The zero-order valence-corrected chi connectivity index (χ0v) is 6.17. The molecule has 0 atom stereocenters. The van der Waals surface area contributed by atoms with Crippen molar-refractivity contribution in [3.63, 3.8) is 0 Å². The van der Waals surface area contributed by atoms with Gasteiger partial charge in [0, 0.05) is 7.11 Å². The minimum Gasteiger partial charge on any atom is -0.378 e. The number of pyridine rings is 1. The molecule has 0 saturated carbocycles. The zero-order valence-electron chi connectivity index (χ0n) is 6.17. The van der Waals surface area contributed by atoms with Gasteiger partial charge in [-0.15, -0.1) is 0 Å². The second-order valence-electron chi connectivity index (χ2n) is 2.10. The van der Waals surface area contributed by atoms with Crippen LogP contribution in [0.25, 0.3) is 0 Å². The van der Waals surface area contributed by atoms with Crippen LogP contribution in [0.4, 0.5) is 4.39 Å². The maximum Gasteiger partial charge on any atom is 0.147 e. The molecule has 0 aromatic carbocycles. The smallest absolute Gasteiger partial charge is 0.147 e. The van der Waals surface area contributed by atoms with Gasteiger partial charge in [0.1, 0.15) is 19.4 Å². The monoisotopic (exact) mass is 151 g/mol. The third kappa shape index (κ3) is 2.01. The fourth-order valence-corrected chi connectivity index (χ4v) is 0.739. The van der Waals surface area contributed by atoms with Crippen molar-refractivity contribution in [1.82, 2.24) is 4.98 Å². The minimum atomic E-state index is -0.388. The lowest BCUT2D eigenvalue weighted by Crippen LogP contribution is -2.12. The predicted molar refractivity (Wildman–Crippen MR) is 40.3 cm³/mol. The molecule has 1 aromatic rings. The fraction of sp³-hybridized carbons (Fsp3) is 0.286. The van der Waals surface area contributed by atoms with Crippen LogP contribution >= 0.6 is 0 Å². The molecular formula is C7H7BFNO. The molecule has 11 heavy (non-hydrogen) atoms. The van der Waals surface area contributed by atoms with Crippen molar-refractivity contribution >= 4 is 13.4 Å². The molecule has 0 spiro atoms. The second kappa shape index (κ2) is 3.48. The van der Waals surface area contributed by atoms with Gasteiger partial charge in [-0.2, -0.15) is 0 Å². The first kappa shape index (κ1) is 8.20. The molecule has 56 valence electrons. The van der Waals surface area contributed by atoms with Crippen molar-refractivity contribution in [3.8, 4) is 0 Å². The number of hydrogen-bond donors (Lipinski definition) is 0. The SMILES string of the molecule is [B]c1ccc(F)c(COC)n1. The lowest BCUT2D eigenvalue weighted by molar-refractivity contribution is 0.178. The van der Waals surface area contributed by atoms with Crippen LogP contribution in [0.5, 0.6) is 0 Å². The van der Waals surface area contributed by atoms with E-state index in [-0.39, 0.29) is 18.1 Å². The Morgan fingerprint density at radius 2 is 2.36 bits per heavy atom. The van der Waals surface area contributed by atoms with Gasteiger partial charge in [0.2, 0.25) is 0 Å². The normalized spacial score (nSPS) is 10.0. The number of methoxy groups -OCH3 is 1. The average Bonchev–Trinajstić information content (AvgIpc) is 1.98. The summed E-state index contributed by atoms with van der Waals surface area (Å²) in [6.07, 6.45) is 0. The van der Waals surface area contributed by atoms with Gasteiger partial charge in [-0.05, 0) is 17.7 Å². The molecule has 2 nitrogen and oxygen atoms in total. The maximum absolute atomic E-state index is 12.8. The standard InChI is InChI=1S/C7H7BFNO/c1-11-4-6-5(9)2-3-7(8)10-6/h2-3H,4H2,1H3. The highest BCUT2D eigenvalue weighted by molar-refractivity contribution is 6.30. The van der Waals surface area contributed by atoms with Crippen LogP contribution in [0.2, 0.25) is 0 Å². The highest BCUT2D eigenvalue weighted by Crippen LogP contribution is 2.01. The van der Waals surface area contributed by atoms with Crippen molar-refractivity contribution in [2.75, 3.05) is 7.11 Å². The highest BCUT2D eigenvalue weighted by Gasteiger charge is 2.01. The van der Waals surface area contributed by atoms with E-state index in [4.69, 9.17) is 12.6 Å². The van der Waals surface area contributed by atoms with E-state index in [9.17, 15) is 4.39 Å². The van der Waals surface area contributed by atoms with Crippen LogP contribution in [0.1, 0.15) is 5.69 Å². The van der Waals surface area contributed by atoms with Gasteiger partial charge in [0.15, 0.2) is 0 Å². The van der Waals surface area contributed by atoms with Crippen LogP contribution in [0, 0.1) is 5.82 Å². The molecule has 0 amide bonds. The average molecular weight is 151 g/mol. The molecule has 0 N–H and O–H groups in total. The summed E-state index contributed by atoms with van der Waals surface area (Å²) < 4.78 is 17.5. The van der Waals surface area contributed by atoms with Gasteiger partial charge in [0.25, 0.3) is 0 Å². The van der Waals surface area contributed by atoms with Gasteiger partial charge in [-0.25, -0.2) is 4.39 Å². The summed E-state index contributed by atoms with van der Waals surface area (Å²) in [5.74, 6) is -0.388. The second-order valence-corrected chi connectivity index (χ2v) is 2.10. The Morgan fingerprint density at radius 3 is 3.00 bits per heavy atom. The lowest BCUT2D eigenvalue weighted by Gasteiger charge is -2.01. The van der Waals surface area contributed by atoms with Gasteiger partial charge in [-0.1, -0.05) is 0 Å². The summed E-state index contributed by atoms with van der Waals surface area (Å²) in [5, 5.41) is 0. The Hall–Kier alpha value is -0.895. The topological polar surface area (TPSA) is 22.1 Å². The number of hydrogen-bond acceptors (Lipinski definition) is 2. The number of nitrogens with zero attached hydrogens (tertiary/aromatic N) is 1. The van der Waals surface area contributed by atoms with Crippen LogP contribution in [-0.2, 0) is 11.3 Å². The molecule has 0 aliphatic carbocycles. The van der Waals surface area contributed by atoms with Crippen LogP contribution in [0.15, 0.2) is 12.1 Å².